The smallest absolute Gasteiger partial charge is 0.318 e. The number of halogens is 4. The first-order valence-electron chi connectivity index (χ1n) is 9.45. The summed E-state index contributed by atoms with van der Waals surface area (Å²) >= 11 is 0. The third-order valence-electron chi connectivity index (χ3n) is 5.03. The summed E-state index contributed by atoms with van der Waals surface area (Å²) in [5.74, 6) is -9.30. The molecule has 0 aromatic heterocycles. The van der Waals surface area contributed by atoms with Gasteiger partial charge in [-0.3, -0.25) is 14.5 Å². The molecule has 0 aliphatic rings. The minimum absolute atomic E-state index is 0.135. The molecule has 2 aromatic rings. The van der Waals surface area contributed by atoms with Gasteiger partial charge in [-0.15, -0.1) is 0 Å². The van der Waals surface area contributed by atoms with Crippen molar-refractivity contribution in [3.8, 4) is 0 Å². The number of methoxy groups -OCH3 is 2. The second-order valence-corrected chi connectivity index (χ2v) is 6.96. The number of likely N-dealkylation sites (N-methyl/N-ethyl adjacent to an activating group) is 1. The Labute approximate surface area is 177 Å². The predicted octanol–water partition coefficient (Wildman–Crippen LogP) is 3.74. The predicted molar refractivity (Wildman–Crippen MR) is 104 cm³/mol. The van der Waals surface area contributed by atoms with Gasteiger partial charge in [-0.25, -0.2) is 17.6 Å². The Morgan fingerprint density at radius 3 is 2.16 bits per heavy atom. The van der Waals surface area contributed by atoms with Crippen molar-refractivity contribution in [3.05, 3.63) is 70.8 Å². The molecule has 1 unspecified atom stereocenters. The summed E-state index contributed by atoms with van der Waals surface area (Å²) in [6.07, 6.45) is -0.847. The quantitative estimate of drug-likeness (QED) is 0.257. The van der Waals surface area contributed by atoms with Gasteiger partial charge in [-0.05, 0) is 12.1 Å². The van der Waals surface area contributed by atoms with E-state index < -0.39 is 59.2 Å². The summed E-state index contributed by atoms with van der Waals surface area (Å²) in [6, 6.07) is 9.14. The van der Waals surface area contributed by atoms with Gasteiger partial charge in [0.25, 0.3) is 0 Å². The summed E-state index contributed by atoms with van der Waals surface area (Å²) in [6.45, 7) is 1.88. The molecule has 5 nitrogen and oxygen atoms in total. The second kappa shape index (κ2) is 10.4. The van der Waals surface area contributed by atoms with E-state index in [4.69, 9.17) is 4.74 Å². The van der Waals surface area contributed by atoms with Crippen molar-refractivity contribution < 1.29 is 36.6 Å². The van der Waals surface area contributed by atoms with Crippen molar-refractivity contribution in [1.29, 1.82) is 0 Å². The first kappa shape index (κ1) is 24.3. The van der Waals surface area contributed by atoms with Crippen molar-refractivity contribution in [3.63, 3.8) is 0 Å². The normalized spacial score (nSPS) is 13.0. The summed E-state index contributed by atoms with van der Waals surface area (Å²) in [7, 11) is 2.00. The molecule has 31 heavy (non-hydrogen) atoms. The van der Waals surface area contributed by atoms with Crippen LogP contribution in [0.3, 0.4) is 0 Å². The molecule has 0 aliphatic heterocycles. The van der Waals surface area contributed by atoms with Crippen molar-refractivity contribution >= 4 is 11.9 Å². The molecule has 1 atom stereocenters. The molecule has 0 aliphatic carbocycles. The van der Waals surface area contributed by atoms with Crippen molar-refractivity contribution in [2.45, 2.75) is 25.3 Å². The van der Waals surface area contributed by atoms with Crippen LogP contribution in [0.4, 0.5) is 17.6 Å². The largest absolute Gasteiger partial charge is 0.469 e. The number of rotatable bonds is 9. The molecule has 168 valence electrons. The Bertz CT molecular complexity index is 939. The zero-order chi connectivity index (χ0) is 23.2. The van der Waals surface area contributed by atoms with Gasteiger partial charge in [-0.2, -0.15) is 0 Å². The van der Waals surface area contributed by atoms with Gasteiger partial charge in [0.1, 0.15) is 11.2 Å². The molecule has 0 bridgehead atoms. The van der Waals surface area contributed by atoms with Crippen molar-refractivity contribution in [1.82, 2.24) is 4.90 Å². The topological polar surface area (TPSA) is 55.8 Å². The number of esters is 2. The standard InChI is InChI=1S/C22H23F4NO4/c1-4-27(12-14-8-6-5-7-9-14)13-22(21(29)31-3,11-17(28)30-2)18-15(23)10-16(24)19(25)20(18)26/h5-10H,4,11-13H2,1-3H3. The van der Waals surface area contributed by atoms with E-state index in [0.717, 1.165) is 19.8 Å². The SMILES string of the molecule is CCN(Cc1ccccc1)CC(CC(=O)OC)(C(=O)OC)c1c(F)cc(F)c(F)c1F. The summed E-state index contributed by atoms with van der Waals surface area (Å²) in [5, 5.41) is 0. The van der Waals surface area contributed by atoms with Gasteiger partial charge in [0, 0.05) is 24.7 Å². The van der Waals surface area contributed by atoms with Crippen LogP contribution in [0.15, 0.2) is 36.4 Å². The fraction of sp³-hybridized carbons (Fsp3) is 0.364. The van der Waals surface area contributed by atoms with E-state index in [-0.39, 0.29) is 12.6 Å². The maximum absolute atomic E-state index is 14.8. The Balaban J connectivity index is 2.68. The van der Waals surface area contributed by atoms with Crippen LogP contribution in [0, 0.1) is 23.3 Å². The number of hydrogen-bond acceptors (Lipinski definition) is 5. The lowest BCUT2D eigenvalue weighted by molar-refractivity contribution is -0.155. The lowest BCUT2D eigenvalue weighted by atomic mass is 9.75. The van der Waals surface area contributed by atoms with Crippen LogP contribution in [0.1, 0.15) is 24.5 Å². The molecule has 0 amide bonds. The van der Waals surface area contributed by atoms with Crippen molar-refractivity contribution in [2.24, 2.45) is 0 Å². The Hall–Kier alpha value is -2.94. The summed E-state index contributed by atoms with van der Waals surface area (Å²) < 4.78 is 66.6. The zero-order valence-corrected chi connectivity index (χ0v) is 17.4. The highest BCUT2D eigenvalue weighted by molar-refractivity contribution is 5.89. The molecule has 0 spiro atoms. The van der Waals surface area contributed by atoms with Crippen LogP contribution in [0.2, 0.25) is 0 Å². The molecule has 0 fully saturated rings. The highest BCUT2D eigenvalue weighted by atomic mass is 19.2. The highest BCUT2D eigenvalue weighted by Crippen LogP contribution is 2.37. The van der Waals surface area contributed by atoms with Gasteiger partial charge < -0.3 is 9.47 Å². The van der Waals surface area contributed by atoms with Crippen LogP contribution in [0.25, 0.3) is 0 Å². The monoisotopic (exact) mass is 441 g/mol. The number of benzene rings is 2. The van der Waals surface area contributed by atoms with Crippen LogP contribution in [-0.2, 0) is 31.0 Å². The average molecular weight is 441 g/mol. The maximum atomic E-state index is 14.8. The second-order valence-electron chi connectivity index (χ2n) is 6.96. The van der Waals surface area contributed by atoms with E-state index >= 15 is 0 Å². The highest BCUT2D eigenvalue weighted by Gasteiger charge is 2.49. The lowest BCUT2D eigenvalue weighted by Crippen LogP contribution is -2.50. The minimum Gasteiger partial charge on any atom is -0.469 e. The maximum Gasteiger partial charge on any atom is 0.318 e. The zero-order valence-electron chi connectivity index (χ0n) is 17.4. The number of hydrogen-bond donors (Lipinski definition) is 0. The van der Waals surface area contributed by atoms with E-state index in [1.54, 1.807) is 24.0 Å². The molecule has 2 rings (SSSR count). The number of ether oxygens (including phenoxy) is 2. The molecule has 2 aromatic carbocycles. The van der Waals surface area contributed by atoms with E-state index in [1.165, 1.54) is 0 Å². The molecular formula is C22H23F4NO4. The number of carbonyl (C=O) groups excluding carboxylic acids is 2. The molecule has 9 heteroatoms. The van der Waals surface area contributed by atoms with E-state index in [2.05, 4.69) is 4.74 Å². The van der Waals surface area contributed by atoms with Gasteiger partial charge >= 0.3 is 11.9 Å². The lowest BCUT2D eigenvalue weighted by Gasteiger charge is -2.36. The molecule has 0 heterocycles. The molecular weight excluding hydrogens is 418 g/mol. The van der Waals surface area contributed by atoms with Gasteiger partial charge in [0.2, 0.25) is 0 Å². The van der Waals surface area contributed by atoms with Crippen LogP contribution >= 0.6 is 0 Å². The summed E-state index contributed by atoms with van der Waals surface area (Å²) in [4.78, 5) is 26.7. The third-order valence-corrected chi connectivity index (χ3v) is 5.03. The first-order chi connectivity index (χ1) is 14.7. The van der Waals surface area contributed by atoms with Crippen molar-refractivity contribution in [2.75, 3.05) is 27.3 Å². The summed E-state index contributed by atoms with van der Waals surface area (Å²) in [5.41, 5.74) is -2.59. The number of nitrogens with zero attached hydrogens (tertiary/aromatic N) is 1. The fourth-order valence-corrected chi connectivity index (χ4v) is 3.48. The minimum atomic E-state index is -2.32. The molecule has 0 saturated heterocycles. The average Bonchev–Trinajstić information content (AvgIpc) is 2.76. The van der Waals surface area contributed by atoms with Gasteiger partial charge in [0.05, 0.1) is 20.6 Å². The van der Waals surface area contributed by atoms with Crippen LogP contribution in [-0.4, -0.2) is 44.1 Å². The molecule has 0 N–H and O–H groups in total. The van der Waals surface area contributed by atoms with E-state index in [9.17, 15) is 27.2 Å². The van der Waals surface area contributed by atoms with Gasteiger partial charge in [-0.1, -0.05) is 37.3 Å². The van der Waals surface area contributed by atoms with E-state index in [0.29, 0.717) is 6.54 Å². The molecule has 0 saturated carbocycles. The Morgan fingerprint density at radius 2 is 1.61 bits per heavy atom. The fourth-order valence-electron chi connectivity index (χ4n) is 3.48. The molecule has 0 radical (unpaired) electrons. The van der Waals surface area contributed by atoms with Gasteiger partial charge in [0.15, 0.2) is 17.5 Å². The van der Waals surface area contributed by atoms with Crippen LogP contribution < -0.4 is 0 Å². The third kappa shape index (κ3) is 5.22. The first-order valence-corrected chi connectivity index (χ1v) is 9.45. The number of carbonyl (C=O) groups is 2. The van der Waals surface area contributed by atoms with Crippen LogP contribution in [0.5, 0.6) is 0 Å². The Morgan fingerprint density at radius 1 is 0.968 bits per heavy atom. The Kier molecular flexibility index (Phi) is 8.15. The van der Waals surface area contributed by atoms with E-state index in [1.807, 2.05) is 18.2 Å².